The number of hydrazone groups is 1. The molecule has 1 aromatic rings. The molecule has 3 aliphatic rings. The van der Waals surface area contributed by atoms with Gasteiger partial charge in [0.15, 0.2) is 18.1 Å². The number of rotatable bonds is 7. The zero-order valence-electron chi connectivity index (χ0n) is 17.4. The lowest BCUT2D eigenvalue weighted by molar-refractivity contribution is -0.149. The molecule has 2 fully saturated rings. The number of carbonyl (C=O) groups is 3. The molecule has 8 nitrogen and oxygen atoms in total. The average Bonchev–Trinajstić information content (AvgIpc) is 3.39. The zero-order chi connectivity index (χ0) is 22.3. The van der Waals surface area contributed by atoms with Crippen LogP contribution in [0, 0.1) is 23.7 Å². The van der Waals surface area contributed by atoms with Crippen molar-refractivity contribution in [2.24, 2.45) is 28.8 Å². The molecule has 1 heterocycles. The number of ether oxygens (including phenoxy) is 3. The fourth-order valence-electron chi connectivity index (χ4n) is 4.51. The molecule has 0 unspecified atom stereocenters. The van der Waals surface area contributed by atoms with Crippen LogP contribution in [-0.2, 0) is 19.1 Å². The van der Waals surface area contributed by atoms with Gasteiger partial charge >= 0.3 is 5.97 Å². The maximum absolute atomic E-state index is 12.7. The first-order valence-electron chi connectivity index (χ1n) is 10.1. The second-order valence-corrected chi connectivity index (χ2v) is 8.50. The van der Waals surface area contributed by atoms with Crippen LogP contribution in [0.25, 0.3) is 0 Å². The van der Waals surface area contributed by atoms with Crippen molar-refractivity contribution in [1.29, 1.82) is 0 Å². The number of hydrogen-bond acceptors (Lipinski definition) is 7. The number of fused-ring (bicyclic) bond motifs is 5. The van der Waals surface area contributed by atoms with Gasteiger partial charge in [-0.15, -0.1) is 0 Å². The standard InChI is InChI=1S/C22H23ClN2O6/c1-11(2)31-17(26)10-30-20-15(23)6-12(7-16(20)29-3)9-24-25-21(27)18-13-4-5-14(8-13)19(18)22(25)28/h4-7,9,11,13-14,18-19H,8,10H2,1-3H3/t13-,14-,18-,19+/m0/s1. The van der Waals surface area contributed by atoms with Gasteiger partial charge in [-0.3, -0.25) is 9.59 Å². The summed E-state index contributed by atoms with van der Waals surface area (Å²) in [4.78, 5) is 37.2. The number of imide groups is 1. The maximum Gasteiger partial charge on any atom is 0.344 e. The summed E-state index contributed by atoms with van der Waals surface area (Å²) in [6.07, 6.45) is 6.06. The van der Waals surface area contributed by atoms with Crippen LogP contribution in [0.15, 0.2) is 29.4 Å². The van der Waals surface area contributed by atoms with Gasteiger partial charge in [-0.25, -0.2) is 4.79 Å². The minimum atomic E-state index is -0.529. The molecule has 9 heteroatoms. The van der Waals surface area contributed by atoms with Gasteiger partial charge in [-0.05, 0) is 49.8 Å². The minimum Gasteiger partial charge on any atom is -0.493 e. The molecule has 4 rings (SSSR count). The summed E-state index contributed by atoms with van der Waals surface area (Å²) in [6, 6.07) is 3.14. The molecule has 4 atom stereocenters. The van der Waals surface area contributed by atoms with E-state index in [-0.39, 0.29) is 64.7 Å². The number of nitrogens with zero attached hydrogens (tertiary/aromatic N) is 2. The lowest BCUT2D eigenvalue weighted by Crippen LogP contribution is -2.28. The van der Waals surface area contributed by atoms with Crippen LogP contribution in [0.1, 0.15) is 25.8 Å². The van der Waals surface area contributed by atoms with Gasteiger partial charge in [0.05, 0.1) is 36.3 Å². The highest BCUT2D eigenvalue weighted by atomic mass is 35.5. The van der Waals surface area contributed by atoms with Gasteiger partial charge in [0.2, 0.25) is 0 Å². The van der Waals surface area contributed by atoms with Crippen molar-refractivity contribution < 1.29 is 28.6 Å². The van der Waals surface area contributed by atoms with E-state index in [1.54, 1.807) is 26.0 Å². The number of allylic oxidation sites excluding steroid dienone is 2. The van der Waals surface area contributed by atoms with Crippen molar-refractivity contribution in [1.82, 2.24) is 5.01 Å². The van der Waals surface area contributed by atoms with Gasteiger partial charge < -0.3 is 14.2 Å². The number of halogens is 1. The van der Waals surface area contributed by atoms with Crippen molar-refractivity contribution in [3.63, 3.8) is 0 Å². The molecule has 1 aromatic carbocycles. The van der Waals surface area contributed by atoms with Gasteiger partial charge in [0.1, 0.15) is 0 Å². The predicted octanol–water partition coefficient (Wildman–Crippen LogP) is 2.82. The number of benzene rings is 1. The Bertz CT molecular complexity index is 958. The molecule has 2 aliphatic carbocycles. The van der Waals surface area contributed by atoms with Crippen LogP contribution in [-0.4, -0.2) is 48.8 Å². The van der Waals surface area contributed by atoms with E-state index in [2.05, 4.69) is 5.10 Å². The Morgan fingerprint density at radius 1 is 1.23 bits per heavy atom. The smallest absolute Gasteiger partial charge is 0.344 e. The van der Waals surface area contributed by atoms with Crippen molar-refractivity contribution in [3.8, 4) is 11.5 Å². The third-order valence-electron chi connectivity index (χ3n) is 5.72. The van der Waals surface area contributed by atoms with Crippen molar-refractivity contribution in [2.75, 3.05) is 13.7 Å². The second-order valence-electron chi connectivity index (χ2n) is 8.09. The predicted molar refractivity (Wildman–Crippen MR) is 112 cm³/mol. The zero-order valence-corrected chi connectivity index (χ0v) is 18.2. The normalized spacial score (nSPS) is 26.3. The van der Waals surface area contributed by atoms with E-state index in [9.17, 15) is 14.4 Å². The molecular weight excluding hydrogens is 424 g/mol. The topological polar surface area (TPSA) is 94.5 Å². The van der Waals surface area contributed by atoms with Gasteiger partial charge in [-0.2, -0.15) is 10.1 Å². The summed E-state index contributed by atoms with van der Waals surface area (Å²) in [7, 11) is 1.43. The van der Waals surface area contributed by atoms with Crippen LogP contribution in [0.4, 0.5) is 0 Å². The van der Waals surface area contributed by atoms with E-state index in [0.717, 1.165) is 11.4 Å². The molecule has 1 saturated carbocycles. The van der Waals surface area contributed by atoms with E-state index in [1.807, 2.05) is 12.2 Å². The van der Waals surface area contributed by atoms with Crippen LogP contribution >= 0.6 is 11.6 Å². The quantitative estimate of drug-likeness (QED) is 0.276. The summed E-state index contributed by atoms with van der Waals surface area (Å²) >= 11 is 6.31. The van der Waals surface area contributed by atoms with Gasteiger partial charge in [0.25, 0.3) is 11.8 Å². The van der Waals surface area contributed by atoms with Gasteiger partial charge in [-0.1, -0.05) is 23.8 Å². The highest BCUT2D eigenvalue weighted by Crippen LogP contribution is 2.52. The second kappa shape index (κ2) is 8.34. The molecule has 1 aliphatic heterocycles. The van der Waals surface area contributed by atoms with Crippen molar-refractivity contribution in [3.05, 3.63) is 34.9 Å². The number of amides is 2. The van der Waals surface area contributed by atoms with Crippen LogP contribution in [0.5, 0.6) is 11.5 Å². The Balaban J connectivity index is 1.48. The molecule has 0 radical (unpaired) electrons. The van der Waals surface area contributed by atoms with Crippen molar-refractivity contribution >= 4 is 35.6 Å². The highest BCUT2D eigenvalue weighted by Gasteiger charge is 2.59. The first-order valence-corrected chi connectivity index (χ1v) is 10.5. The number of esters is 1. The number of hydrogen-bond donors (Lipinski definition) is 0. The summed E-state index contributed by atoms with van der Waals surface area (Å²) in [6.45, 7) is 3.16. The molecule has 31 heavy (non-hydrogen) atoms. The van der Waals surface area contributed by atoms with E-state index in [1.165, 1.54) is 13.3 Å². The monoisotopic (exact) mass is 446 g/mol. The van der Waals surface area contributed by atoms with E-state index in [0.29, 0.717) is 5.56 Å². The Hall–Kier alpha value is -2.87. The third-order valence-corrected chi connectivity index (χ3v) is 6.00. The van der Waals surface area contributed by atoms with Gasteiger partial charge in [0, 0.05) is 0 Å². The summed E-state index contributed by atoms with van der Waals surface area (Å²) < 4.78 is 15.8. The average molecular weight is 447 g/mol. The minimum absolute atomic E-state index is 0.125. The Morgan fingerprint density at radius 2 is 1.87 bits per heavy atom. The van der Waals surface area contributed by atoms with Crippen LogP contribution in [0.3, 0.4) is 0 Å². The van der Waals surface area contributed by atoms with Crippen molar-refractivity contribution in [2.45, 2.75) is 26.4 Å². The molecule has 2 bridgehead atoms. The summed E-state index contributed by atoms with van der Waals surface area (Å²) in [5.74, 6) is -0.941. The molecule has 164 valence electrons. The molecule has 0 spiro atoms. The highest BCUT2D eigenvalue weighted by molar-refractivity contribution is 6.32. The fourth-order valence-corrected chi connectivity index (χ4v) is 4.78. The molecule has 2 amide bonds. The van der Waals surface area contributed by atoms with Crippen LogP contribution in [0.2, 0.25) is 5.02 Å². The first kappa shape index (κ1) is 21.4. The first-order chi connectivity index (χ1) is 14.8. The molecular formula is C22H23ClN2O6. The Labute approximate surface area is 184 Å². The number of carbonyl (C=O) groups excluding carboxylic acids is 3. The Morgan fingerprint density at radius 3 is 2.45 bits per heavy atom. The van der Waals surface area contributed by atoms with E-state index < -0.39 is 5.97 Å². The fraction of sp³-hybridized carbons (Fsp3) is 0.455. The van der Waals surface area contributed by atoms with E-state index in [4.69, 9.17) is 25.8 Å². The SMILES string of the molecule is COc1cc(C=NN2C(=O)[C@@H]3[C@H](C2=O)[C@H]2C=C[C@H]3C2)cc(Cl)c1OCC(=O)OC(C)C. The molecule has 0 aromatic heterocycles. The van der Waals surface area contributed by atoms with Crippen LogP contribution < -0.4 is 9.47 Å². The maximum atomic E-state index is 12.7. The lowest BCUT2D eigenvalue weighted by Gasteiger charge is -2.14. The lowest BCUT2D eigenvalue weighted by atomic mass is 9.85. The third kappa shape index (κ3) is 3.92. The summed E-state index contributed by atoms with van der Waals surface area (Å²) in [5, 5.41) is 5.30. The molecule has 1 saturated heterocycles. The van der Waals surface area contributed by atoms with E-state index >= 15 is 0 Å². The largest absolute Gasteiger partial charge is 0.493 e. The summed E-state index contributed by atoms with van der Waals surface area (Å²) in [5.41, 5.74) is 0.512. The Kier molecular flexibility index (Phi) is 5.75. The number of methoxy groups -OCH3 is 1. The molecule has 0 N–H and O–H groups in total.